The predicted octanol–water partition coefficient (Wildman–Crippen LogP) is 4.43. The lowest BCUT2D eigenvalue weighted by atomic mass is 10.0. The van der Waals surface area contributed by atoms with Gasteiger partial charge in [-0.15, -0.1) is 0 Å². The van der Waals surface area contributed by atoms with E-state index in [0.29, 0.717) is 31.9 Å². The van der Waals surface area contributed by atoms with Crippen molar-refractivity contribution in [3.63, 3.8) is 0 Å². The second-order valence-electron chi connectivity index (χ2n) is 7.72. The van der Waals surface area contributed by atoms with Gasteiger partial charge in [0.25, 0.3) is 0 Å². The van der Waals surface area contributed by atoms with Gasteiger partial charge in [0.1, 0.15) is 5.82 Å². The van der Waals surface area contributed by atoms with Crippen LogP contribution in [0.15, 0.2) is 41.4 Å². The monoisotopic (exact) mass is 437 g/mol. The first-order chi connectivity index (χ1) is 14.2. The lowest BCUT2D eigenvalue weighted by molar-refractivity contribution is -0.139. The van der Waals surface area contributed by atoms with Crippen LogP contribution in [0.2, 0.25) is 0 Å². The highest BCUT2D eigenvalue weighted by Gasteiger charge is 2.32. The van der Waals surface area contributed by atoms with Gasteiger partial charge in [0, 0.05) is 36.8 Å². The standard InChI is InChI=1S/C21H22F3N3O2S/c1-13-12-26(19-7-4-15(11-25-19)21(22,23)24)8-9-27(13)30-16-5-2-14-3-6-17(20(28)29)18(14)10-16/h2,4-5,7,10-11,13,17H,3,6,8-9,12H2,1H3,(H,28,29)/t13-,17?/m0/s1. The molecule has 5 nitrogen and oxygen atoms in total. The average Bonchev–Trinajstić information content (AvgIpc) is 3.12. The fraction of sp³-hybridized carbons (Fsp3) is 0.429. The van der Waals surface area contributed by atoms with Crippen LogP contribution in [-0.2, 0) is 17.4 Å². The van der Waals surface area contributed by atoms with Crippen molar-refractivity contribution in [1.29, 1.82) is 0 Å². The van der Waals surface area contributed by atoms with E-state index in [1.807, 2.05) is 23.1 Å². The van der Waals surface area contributed by atoms with Crippen LogP contribution in [-0.4, -0.2) is 46.0 Å². The van der Waals surface area contributed by atoms with E-state index in [4.69, 9.17) is 0 Å². The summed E-state index contributed by atoms with van der Waals surface area (Å²) in [5, 5.41) is 9.42. The molecule has 30 heavy (non-hydrogen) atoms. The lowest BCUT2D eigenvalue weighted by Crippen LogP contribution is -2.49. The Morgan fingerprint density at radius 2 is 2.03 bits per heavy atom. The second-order valence-corrected chi connectivity index (χ2v) is 8.84. The van der Waals surface area contributed by atoms with Gasteiger partial charge in [0.05, 0.1) is 11.5 Å². The van der Waals surface area contributed by atoms with Crippen LogP contribution in [0.1, 0.15) is 36.0 Å². The van der Waals surface area contributed by atoms with Gasteiger partial charge in [-0.25, -0.2) is 9.29 Å². The summed E-state index contributed by atoms with van der Waals surface area (Å²) in [4.78, 5) is 18.5. The SMILES string of the molecule is C[C@H]1CN(c2ccc(C(F)(F)F)cn2)CCN1Sc1ccc2c(c1)C(C(=O)O)CC2. The van der Waals surface area contributed by atoms with Gasteiger partial charge in [-0.05, 0) is 67.1 Å². The fourth-order valence-corrected chi connectivity index (χ4v) is 5.05. The van der Waals surface area contributed by atoms with Crippen LogP contribution in [0, 0.1) is 0 Å². The number of fused-ring (bicyclic) bond motifs is 1. The highest BCUT2D eigenvalue weighted by Crippen LogP contribution is 2.37. The van der Waals surface area contributed by atoms with Gasteiger partial charge >= 0.3 is 12.1 Å². The summed E-state index contributed by atoms with van der Waals surface area (Å²) in [7, 11) is 0. The molecule has 0 radical (unpaired) electrons. The summed E-state index contributed by atoms with van der Waals surface area (Å²) in [6.07, 6.45) is -2.06. The molecular formula is C21H22F3N3O2S. The molecule has 1 aromatic carbocycles. The molecule has 4 rings (SSSR count). The molecule has 2 aromatic rings. The Hall–Kier alpha value is -2.26. The first kappa shape index (κ1) is 21.0. The van der Waals surface area contributed by atoms with E-state index in [1.165, 1.54) is 6.07 Å². The number of hydrogen-bond donors (Lipinski definition) is 1. The molecule has 160 valence electrons. The smallest absolute Gasteiger partial charge is 0.417 e. The Morgan fingerprint density at radius 1 is 1.23 bits per heavy atom. The van der Waals surface area contributed by atoms with Crippen molar-refractivity contribution in [2.24, 2.45) is 0 Å². The number of carboxylic acid groups (broad SMARTS) is 1. The van der Waals surface area contributed by atoms with Gasteiger partial charge in [0.2, 0.25) is 0 Å². The van der Waals surface area contributed by atoms with E-state index in [0.717, 1.165) is 34.7 Å². The zero-order chi connectivity index (χ0) is 21.5. The molecule has 1 aromatic heterocycles. The molecule has 9 heteroatoms. The van der Waals surface area contributed by atoms with Crippen molar-refractivity contribution in [1.82, 2.24) is 9.29 Å². The molecule has 1 fully saturated rings. The van der Waals surface area contributed by atoms with Gasteiger partial charge in [0.15, 0.2) is 0 Å². The number of carbonyl (C=O) groups is 1. The highest BCUT2D eigenvalue weighted by molar-refractivity contribution is 7.97. The maximum atomic E-state index is 12.7. The third-order valence-electron chi connectivity index (χ3n) is 5.68. The number of benzene rings is 1. The Morgan fingerprint density at radius 3 is 2.67 bits per heavy atom. The number of aromatic nitrogens is 1. The average molecular weight is 437 g/mol. The molecule has 0 saturated carbocycles. The van der Waals surface area contributed by atoms with E-state index < -0.39 is 23.6 Å². The summed E-state index contributed by atoms with van der Waals surface area (Å²) in [5.41, 5.74) is 1.27. The number of halogens is 3. The Labute approximate surface area is 177 Å². The van der Waals surface area contributed by atoms with Crippen molar-refractivity contribution in [2.75, 3.05) is 24.5 Å². The summed E-state index contributed by atoms with van der Waals surface area (Å²) >= 11 is 1.60. The maximum absolute atomic E-state index is 12.7. The molecule has 1 N–H and O–H groups in total. The number of carboxylic acids is 1. The van der Waals surface area contributed by atoms with Gasteiger partial charge in [-0.3, -0.25) is 4.79 Å². The first-order valence-electron chi connectivity index (χ1n) is 9.81. The Balaban J connectivity index is 1.41. The fourth-order valence-electron chi connectivity index (χ4n) is 4.05. The molecule has 1 saturated heterocycles. The number of aryl methyl sites for hydroxylation is 1. The number of hydrogen-bond acceptors (Lipinski definition) is 5. The molecular weight excluding hydrogens is 415 g/mol. The molecule has 1 unspecified atom stereocenters. The van der Waals surface area contributed by atoms with Gasteiger partial charge in [-0.1, -0.05) is 6.07 Å². The molecule has 0 spiro atoms. The minimum Gasteiger partial charge on any atom is -0.481 e. The predicted molar refractivity (Wildman–Crippen MR) is 109 cm³/mol. The summed E-state index contributed by atoms with van der Waals surface area (Å²) in [6, 6.07) is 8.68. The molecule has 1 aliphatic carbocycles. The number of pyridine rings is 1. The highest BCUT2D eigenvalue weighted by atomic mass is 32.2. The Kier molecular flexibility index (Phi) is 5.67. The van der Waals surface area contributed by atoms with Crippen LogP contribution in [0.3, 0.4) is 0 Å². The van der Waals surface area contributed by atoms with Crippen LogP contribution < -0.4 is 4.90 Å². The molecule has 2 heterocycles. The van der Waals surface area contributed by atoms with Crippen LogP contribution >= 0.6 is 11.9 Å². The van der Waals surface area contributed by atoms with Crippen molar-refractivity contribution >= 4 is 23.7 Å². The zero-order valence-corrected chi connectivity index (χ0v) is 17.2. The minimum atomic E-state index is -4.39. The lowest BCUT2D eigenvalue weighted by Gasteiger charge is -2.39. The van der Waals surface area contributed by atoms with Crippen molar-refractivity contribution < 1.29 is 23.1 Å². The molecule has 2 aliphatic rings. The molecule has 1 aliphatic heterocycles. The summed E-state index contributed by atoms with van der Waals surface area (Å²) in [5.74, 6) is -0.663. The van der Waals surface area contributed by atoms with E-state index in [2.05, 4.69) is 16.2 Å². The summed E-state index contributed by atoms with van der Waals surface area (Å²) in [6.45, 7) is 4.08. The normalized spacial score (nSPS) is 22.2. The summed E-state index contributed by atoms with van der Waals surface area (Å²) < 4.78 is 40.4. The van der Waals surface area contributed by atoms with Gasteiger partial charge in [-0.2, -0.15) is 13.2 Å². The number of anilines is 1. The first-order valence-corrected chi connectivity index (χ1v) is 10.6. The van der Waals surface area contributed by atoms with E-state index in [1.54, 1.807) is 11.9 Å². The second kappa shape index (κ2) is 8.11. The third-order valence-corrected chi connectivity index (χ3v) is 6.92. The van der Waals surface area contributed by atoms with Crippen LogP contribution in [0.5, 0.6) is 0 Å². The number of rotatable bonds is 4. The van der Waals surface area contributed by atoms with Crippen LogP contribution in [0.4, 0.5) is 19.0 Å². The number of aliphatic carboxylic acids is 1. The number of piperazine rings is 1. The van der Waals surface area contributed by atoms with E-state index in [-0.39, 0.29) is 6.04 Å². The Bertz CT molecular complexity index is 936. The maximum Gasteiger partial charge on any atom is 0.417 e. The van der Waals surface area contributed by atoms with Gasteiger partial charge < -0.3 is 10.0 Å². The third kappa shape index (κ3) is 4.27. The largest absolute Gasteiger partial charge is 0.481 e. The number of alkyl halides is 3. The number of nitrogens with zero attached hydrogens (tertiary/aromatic N) is 3. The quantitative estimate of drug-likeness (QED) is 0.714. The zero-order valence-electron chi connectivity index (χ0n) is 16.4. The van der Waals surface area contributed by atoms with E-state index >= 15 is 0 Å². The molecule has 0 amide bonds. The van der Waals surface area contributed by atoms with E-state index in [9.17, 15) is 23.1 Å². The molecule has 2 atom stereocenters. The minimum absolute atomic E-state index is 0.149. The topological polar surface area (TPSA) is 56.7 Å². The van der Waals surface area contributed by atoms with Crippen molar-refractivity contribution in [2.45, 2.75) is 42.8 Å². The van der Waals surface area contributed by atoms with Crippen molar-refractivity contribution in [3.8, 4) is 0 Å². The van der Waals surface area contributed by atoms with Crippen molar-refractivity contribution in [3.05, 3.63) is 53.2 Å². The molecule has 0 bridgehead atoms. The van der Waals surface area contributed by atoms with Crippen LogP contribution in [0.25, 0.3) is 0 Å².